The Morgan fingerprint density at radius 2 is 2.07 bits per heavy atom. The van der Waals surface area contributed by atoms with Gasteiger partial charge in [-0.1, -0.05) is 30.3 Å². The monoisotopic (exact) mass is 381 g/mol. The lowest BCUT2D eigenvalue weighted by Gasteiger charge is -2.33. The summed E-state index contributed by atoms with van der Waals surface area (Å²) in [6.45, 7) is 5.28. The number of hydrogen-bond acceptors (Lipinski definition) is 5. The van der Waals surface area contributed by atoms with Gasteiger partial charge in [-0.2, -0.15) is 0 Å². The number of methoxy groups -OCH3 is 1. The van der Waals surface area contributed by atoms with E-state index < -0.39 is 0 Å². The average molecular weight is 381 g/mol. The topological polar surface area (TPSA) is 50.5 Å². The fourth-order valence-electron chi connectivity index (χ4n) is 3.56. The van der Waals surface area contributed by atoms with Gasteiger partial charge in [-0.05, 0) is 30.7 Å². The molecule has 1 aromatic heterocycles. The second-order valence-electron chi connectivity index (χ2n) is 7.02. The lowest BCUT2D eigenvalue weighted by Crippen LogP contribution is -2.45. The summed E-state index contributed by atoms with van der Waals surface area (Å²) in [4.78, 5) is 6.94. The Balaban J connectivity index is 1.51. The Labute approximate surface area is 164 Å². The van der Waals surface area contributed by atoms with Crippen LogP contribution in [0, 0.1) is 12.7 Å². The first-order chi connectivity index (χ1) is 13.6. The third-order valence-corrected chi connectivity index (χ3v) is 5.13. The summed E-state index contributed by atoms with van der Waals surface area (Å²) >= 11 is 0. The smallest absolute Gasteiger partial charge is 0.229 e. The molecule has 1 aliphatic heterocycles. The number of piperazine rings is 1. The van der Waals surface area contributed by atoms with Crippen LogP contribution in [-0.2, 0) is 6.54 Å². The summed E-state index contributed by atoms with van der Waals surface area (Å²) in [5.41, 5.74) is 2.44. The van der Waals surface area contributed by atoms with Gasteiger partial charge in [-0.15, -0.1) is 0 Å². The number of halogens is 1. The van der Waals surface area contributed by atoms with E-state index in [1.165, 1.54) is 11.6 Å². The molecule has 4 rings (SSSR count). The zero-order chi connectivity index (χ0) is 19.5. The molecule has 0 amide bonds. The molecule has 1 fully saturated rings. The maximum Gasteiger partial charge on any atom is 0.229 e. The highest BCUT2D eigenvalue weighted by atomic mass is 19.1. The van der Waals surface area contributed by atoms with Gasteiger partial charge in [0.05, 0.1) is 18.4 Å². The number of benzene rings is 2. The first-order valence-electron chi connectivity index (χ1n) is 9.45. The second kappa shape index (κ2) is 8.12. The maximum absolute atomic E-state index is 14.3. The van der Waals surface area contributed by atoms with E-state index in [4.69, 9.17) is 9.15 Å². The van der Waals surface area contributed by atoms with Gasteiger partial charge < -0.3 is 14.5 Å². The third kappa shape index (κ3) is 3.93. The van der Waals surface area contributed by atoms with Gasteiger partial charge in [0.2, 0.25) is 5.89 Å². The van der Waals surface area contributed by atoms with Gasteiger partial charge >= 0.3 is 0 Å². The lowest BCUT2D eigenvalue weighted by atomic mass is 10.0. The van der Waals surface area contributed by atoms with Crippen LogP contribution in [0.1, 0.15) is 23.1 Å². The van der Waals surface area contributed by atoms with Gasteiger partial charge in [0, 0.05) is 32.2 Å². The van der Waals surface area contributed by atoms with Crippen LogP contribution in [0.3, 0.4) is 0 Å². The predicted octanol–water partition coefficient (Wildman–Crippen LogP) is 3.94. The van der Waals surface area contributed by atoms with Crippen molar-refractivity contribution in [1.82, 2.24) is 15.2 Å². The number of oxazole rings is 1. The Morgan fingerprint density at radius 3 is 2.86 bits per heavy atom. The van der Waals surface area contributed by atoms with Gasteiger partial charge in [-0.25, -0.2) is 9.37 Å². The highest BCUT2D eigenvalue weighted by Crippen LogP contribution is 2.29. The SMILES string of the molecule is COc1ccc(F)c(-c2nc(CN3CCN[C@H](c4ccccc4)C3)c(C)o2)c1. The number of rotatable bonds is 5. The Kier molecular flexibility index (Phi) is 5.41. The summed E-state index contributed by atoms with van der Waals surface area (Å²) < 4.78 is 25.2. The van der Waals surface area contributed by atoms with Crippen LogP contribution < -0.4 is 10.1 Å². The molecule has 0 aliphatic carbocycles. The molecule has 146 valence electrons. The summed E-state index contributed by atoms with van der Waals surface area (Å²) in [5, 5.41) is 3.57. The molecule has 5 nitrogen and oxygen atoms in total. The molecule has 0 unspecified atom stereocenters. The van der Waals surface area contributed by atoms with E-state index in [1.807, 2.05) is 13.0 Å². The normalized spacial score (nSPS) is 17.6. The molecule has 6 heteroatoms. The molecule has 0 spiro atoms. The van der Waals surface area contributed by atoms with Crippen molar-refractivity contribution in [2.45, 2.75) is 19.5 Å². The molecule has 1 N–H and O–H groups in total. The average Bonchev–Trinajstić information content (AvgIpc) is 3.09. The van der Waals surface area contributed by atoms with Crippen LogP contribution in [0.5, 0.6) is 5.75 Å². The molecule has 2 aromatic carbocycles. The molecule has 3 aromatic rings. The third-order valence-electron chi connectivity index (χ3n) is 5.13. The van der Waals surface area contributed by atoms with Gasteiger partial charge in [-0.3, -0.25) is 4.90 Å². The summed E-state index contributed by atoms with van der Waals surface area (Å²) in [7, 11) is 1.55. The summed E-state index contributed by atoms with van der Waals surface area (Å²) in [5.74, 6) is 1.20. The Morgan fingerprint density at radius 1 is 1.25 bits per heavy atom. The van der Waals surface area contributed by atoms with Crippen molar-refractivity contribution >= 4 is 0 Å². The second-order valence-corrected chi connectivity index (χ2v) is 7.02. The van der Waals surface area contributed by atoms with Gasteiger partial charge in [0.25, 0.3) is 0 Å². The van der Waals surface area contributed by atoms with E-state index in [1.54, 1.807) is 19.2 Å². The lowest BCUT2D eigenvalue weighted by molar-refractivity contribution is 0.191. The van der Waals surface area contributed by atoms with Crippen molar-refractivity contribution in [3.8, 4) is 17.2 Å². The number of ether oxygens (including phenoxy) is 1. The van der Waals surface area contributed by atoms with Crippen molar-refractivity contribution in [2.75, 3.05) is 26.7 Å². The van der Waals surface area contributed by atoms with E-state index >= 15 is 0 Å². The number of aromatic nitrogens is 1. The van der Waals surface area contributed by atoms with Crippen molar-refractivity contribution in [2.24, 2.45) is 0 Å². The van der Waals surface area contributed by atoms with Crippen molar-refractivity contribution < 1.29 is 13.5 Å². The first-order valence-corrected chi connectivity index (χ1v) is 9.45. The highest BCUT2D eigenvalue weighted by Gasteiger charge is 2.23. The minimum absolute atomic E-state index is 0.289. The first kappa shape index (κ1) is 18.7. The quantitative estimate of drug-likeness (QED) is 0.725. The maximum atomic E-state index is 14.3. The predicted molar refractivity (Wildman–Crippen MR) is 106 cm³/mol. The van der Waals surface area contributed by atoms with E-state index in [2.05, 4.69) is 39.5 Å². The highest BCUT2D eigenvalue weighted by molar-refractivity contribution is 5.57. The number of aryl methyl sites for hydroxylation is 1. The fourth-order valence-corrected chi connectivity index (χ4v) is 3.56. The fraction of sp³-hybridized carbons (Fsp3) is 0.318. The zero-order valence-electron chi connectivity index (χ0n) is 16.1. The van der Waals surface area contributed by atoms with E-state index in [9.17, 15) is 4.39 Å². The standard InChI is InChI=1S/C22H24FN3O2/c1-15-20(25-22(28-15)18-12-17(27-2)8-9-19(18)23)13-26-11-10-24-21(14-26)16-6-4-3-5-7-16/h3-9,12,21,24H,10-11,13-14H2,1-2H3/t21-/m0/s1. The van der Waals surface area contributed by atoms with Gasteiger partial charge in [0.15, 0.2) is 0 Å². The van der Waals surface area contributed by atoms with E-state index in [0.29, 0.717) is 29.5 Å². The van der Waals surface area contributed by atoms with Gasteiger partial charge in [0.1, 0.15) is 17.3 Å². The van der Waals surface area contributed by atoms with E-state index in [-0.39, 0.29) is 11.9 Å². The molecule has 1 aliphatic rings. The van der Waals surface area contributed by atoms with Crippen molar-refractivity contribution in [3.63, 3.8) is 0 Å². The molecule has 0 radical (unpaired) electrons. The molecule has 2 heterocycles. The minimum Gasteiger partial charge on any atom is -0.497 e. The van der Waals surface area contributed by atoms with Crippen LogP contribution >= 0.6 is 0 Å². The molecule has 0 saturated carbocycles. The van der Waals surface area contributed by atoms with Crippen LogP contribution in [0.2, 0.25) is 0 Å². The van der Waals surface area contributed by atoms with Crippen LogP contribution in [0.25, 0.3) is 11.5 Å². The molecule has 28 heavy (non-hydrogen) atoms. The van der Waals surface area contributed by atoms with Crippen LogP contribution in [-0.4, -0.2) is 36.6 Å². The summed E-state index contributed by atoms with van der Waals surface area (Å²) in [6, 6.07) is 15.3. The van der Waals surface area contributed by atoms with E-state index in [0.717, 1.165) is 25.3 Å². The van der Waals surface area contributed by atoms with Crippen molar-refractivity contribution in [3.05, 3.63) is 71.4 Å². The molecular formula is C22H24FN3O2. The molecule has 0 bridgehead atoms. The number of nitrogens with zero attached hydrogens (tertiary/aromatic N) is 2. The van der Waals surface area contributed by atoms with Crippen LogP contribution in [0.4, 0.5) is 4.39 Å². The molecule has 1 saturated heterocycles. The summed E-state index contributed by atoms with van der Waals surface area (Å²) in [6.07, 6.45) is 0. The molecule has 1 atom stereocenters. The Hall–Kier alpha value is -2.70. The number of nitrogens with one attached hydrogen (secondary N) is 1. The number of hydrogen-bond donors (Lipinski definition) is 1. The molecular weight excluding hydrogens is 357 g/mol. The minimum atomic E-state index is -0.375. The zero-order valence-corrected chi connectivity index (χ0v) is 16.1. The van der Waals surface area contributed by atoms with Crippen LogP contribution in [0.15, 0.2) is 52.9 Å². The largest absolute Gasteiger partial charge is 0.497 e. The Bertz CT molecular complexity index is 942. The van der Waals surface area contributed by atoms with Crippen molar-refractivity contribution in [1.29, 1.82) is 0 Å².